The van der Waals surface area contributed by atoms with Crippen LogP contribution in [-0.4, -0.2) is 19.1 Å². The van der Waals surface area contributed by atoms with Crippen molar-refractivity contribution in [3.8, 4) is 5.75 Å². The Morgan fingerprint density at radius 1 is 1.41 bits per heavy atom. The highest BCUT2D eigenvalue weighted by atomic mass is 16.5. The number of hydrogen-bond acceptors (Lipinski definition) is 2. The molecule has 0 bridgehead atoms. The third-order valence-electron chi connectivity index (χ3n) is 2.41. The molecule has 0 fully saturated rings. The molecule has 0 radical (unpaired) electrons. The summed E-state index contributed by atoms with van der Waals surface area (Å²) in [6.45, 7) is 7.53. The minimum Gasteiger partial charge on any atom is -0.494 e. The first-order chi connectivity index (χ1) is 8.13. The van der Waals surface area contributed by atoms with E-state index >= 15 is 0 Å². The molecule has 1 aromatic rings. The van der Waals surface area contributed by atoms with Gasteiger partial charge in [0.2, 0.25) is 0 Å². The lowest BCUT2D eigenvalue weighted by Gasteiger charge is -2.08. The number of rotatable bonds is 6. The van der Waals surface area contributed by atoms with Gasteiger partial charge < -0.3 is 10.1 Å². The van der Waals surface area contributed by atoms with Gasteiger partial charge in [-0.1, -0.05) is 19.9 Å². The Morgan fingerprint density at radius 2 is 2.18 bits per heavy atom. The second kappa shape index (κ2) is 6.94. The third-order valence-corrected chi connectivity index (χ3v) is 2.41. The fourth-order valence-corrected chi connectivity index (χ4v) is 1.47. The van der Waals surface area contributed by atoms with Gasteiger partial charge in [-0.3, -0.25) is 4.79 Å². The van der Waals surface area contributed by atoms with Crippen LogP contribution < -0.4 is 10.1 Å². The number of hydrogen-bond donors (Lipinski definition) is 1. The van der Waals surface area contributed by atoms with Gasteiger partial charge in [-0.25, -0.2) is 0 Å². The van der Waals surface area contributed by atoms with Crippen LogP contribution in [0.4, 0.5) is 0 Å². The summed E-state index contributed by atoms with van der Waals surface area (Å²) in [5.74, 6) is 1.31. The standard InChI is InChI=1S/C14H21NO2/c1-4-17-13-7-5-6-12(10-13)14(16)15-9-8-11(2)3/h5-7,10-11H,4,8-9H2,1-3H3,(H,15,16). The molecular weight excluding hydrogens is 214 g/mol. The molecule has 1 rings (SSSR count). The predicted molar refractivity (Wildman–Crippen MR) is 69.4 cm³/mol. The number of amides is 1. The number of carbonyl (C=O) groups excluding carboxylic acids is 1. The van der Waals surface area contributed by atoms with E-state index in [2.05, 4.69) is 19.2 Å². The topological polar surface area (TPSA) is 38.3 Å². The van der Waals surface area contributed by atoms with E-state index in [0.29, 0.717) is 18.1 Å². The van der Waals surface area contributed by atoms with Crippen molar-refractivity contribution in [1.82, 2.24) is 5.32 Å². The highest BCUT2D eigenvalue weighted by molar-refractivity contribution is 5.94. The maximum absolute atomic E-state index is 11.8. The molecule has 17 heavy (non-hydrogen) atoms. The number of carbonyl (C=O) groups is 1. The minimum absolute atomic E-state index is 0.0350. The largest absolute Gasteiger partial charge is 0.494 e. The van der Waals surface area contributed by atoms with Crippen molar-refractivity contribution in [3.05, 3.63) is 29.8 Å². The Balaban J connectivity index is 2.53. The van der Waals surface area contributed by atoms with Crippen LogP contribution in [0, 0.1) is 5.92 Å². The molecule has 0 aliphatic heterocycles. The Hall–Kier alpha value is -1.51. The number of nitrogens with one attached hydrogen (secondary N) is 1. The zero-order chi connectivity index (χ0) is 12.7. The van der Waals surface area contributed by atoms with E-state index in [1.54, 1.807) is 12.1 Å². The van der Waals surface area contributed by atoms with Gasteiger partial charge in [0.15, 0.2) is 0 Å². The predicted octanol–water partition coefficient (Wildman–Crippen LogP) is 2.86. The maximum Gasteiger partial charge on any atom is 0.251 e. The average Bonchev–Trinajstić information content (AvgIpc) is 2.29. The molecule has 0 aliphatic carbocycles. The summed E-state index contributed by atoms with van der Waals surface area (Å²) >= 11 is 0. The normalized spacial score (nSPS) is 10.4. The highest BCUT2D eigenvalue weighted by Gasteiger charge is 2.06. The van der Waals surface area contributed by atoms with Crippen LogP contribution in [0.3, 0.4) is 0 Å². The Bertz CT molecular complexity index is 361. The molecule has 0 saturated heterocycles. The van der Waals surface area contributed by atoms with Gasteiger partial charge in [-0.15, -0.1) is 0 Å². The summed E-state index contributed by atoms with van der Waals surface area (Å²) < 4.78 is 5.36. The summed E-state index contributed by atoms with van der Waals surface area (Å²) in [5, 5.41) is 2.91. The van der Waals surface area contributed by atoms with Crippen molar-refractivity contribution in [2.24, 2.45) is 5.92 Å². The molecule has 0 aliphatic rings. The van der Waals surface area contributed by atoms with Crippen LogP contribution >= 0.6 is 0 Å². The Kier molecular flexibility index (Phi) is 5.53. The molecule has 0 spiro atoms. The average molecular weight is 235 g/mol. The molecule has 1 amide bonds. The summed E-state index contributed by atoms with van der Waals surface area (Å²) in [6, 6.07) is 7.26. The van der Waals surface area contributed by atoms with E-state index in [1.807, 2.05) is 19.1 Å². The third kappa shape index (κ3) is 4.89. The molecule has 0 unspecified atom stereocenters. The van der Waals surface area contributed by atoms with Crippen molar-refractivity contribution in [2.75, 3.05) is 13.2 Å². The number of benzene rings is 1. The van der Waals surface area contributed by atoms with Crippen LogP contribution in [0.2, 0.25) is 0 Å². The van der Waals surface area contributed by atoms with E-state index < -0.39 is 0 Å². The summed E-state index contributed by atoms with van der Waals surface area (Å²) in [5.41, 5.74) is 0.653. The summed E-state index contributed by atoms with van der Waals surface area (Å²) in [6.07, 6.45) is 0.997. The van der Waals surface area contributed by atoms with Crippen molar-refractivity contribution in [1.29, 1.82) is 0 Å². The van der Waals surface area contributed by atoms with Gasteiger partial charge >= 0.3 is 0 Å². The molecule has 0 saturated carbocycles. The lowest BCUT2D eigenvalue weighted by molar-refractivity contribution is 0.0951. The molecule has 3 heteroatoms. The molecule has 0 aromatic heterocycles. The molecule has 0 atom stereocenters. The first kappa shape index (κ1) is 13.6. The van der Waals surface area contributed by atoms with Crippen LogP contribution in [0.5, 0.6) is 5.75 Å². The quantitative estimate of drug-likeness (QED) is 0.823. The second-order valence-electron chi connectivity index (χ2n) is 4.40. The number of ether oxygens (including phenoxy) is 1. The van der Waals surface area contributed by atoms with E-state index in [0.717, 1.165) is 18.7 Å². The zero-order valence-electron chi connectivity index (χ0n) is 10.8. The van der Waals surface area contributed by atoms with E-state index in [-0.39, 0.29) is 5.91 Å². The van der Waals surface area contributed by atoms with E-state index in [9.17, 15) is 4.79 Å². The van der Waals surface area contributed by atoms with E-state index in [4.69, 9.17) is 4.74 Å². The Labute approximate surface area is 103 Å². The molecule has 94 valence electrons. The molecule has 3 nitrogen and oxygen atoms in total. The van der Waals surface area contributed by atoms with Crippen LogP contribution in [-0.2, 0) is 0 Å². The highest BCUT2D eigenvalue weighted by Crippen LogP contribution is 2.13. The lowest BCUT2D eigenvalue weighted by Crippen LogP contribution is -2.25. The zero-order valence-corrected chi connectivity index (χ0v) is 10.8. The fraction of sp³-hybridized carbons (Fsp3) is 0.500. The fourth-order valence-electron chi connectivity index (χ4n) is 1.47. The minimum atomic E-state index is -0.0350. The monoisotopic (exact) mass is 235 g/mol. The smallest absolute Gasteiger partial charge is 0.251 e. The summed E-state index contributed by atoms with van der Waals surface area (Å²) in [4.78, 5) is 11.8. The Morgan fingerprint density at radius 3 is 2.82 bits per heavy atom. The van der Waals surface area contributed by atoms with Gasteiger partial charge in [0, 0.05) is 12.1 Å². The van der Waals surface area contributed by atoms with Gasteiger partial charge in [0.25, 0.3) is 5.91 Å². The van der Waals surface area contributed by atoms with Crippen molar-refractivity contribution >= 4 is 5.91 Å². The van der Waals surface area contributed by atoms with Gasteiger partial charge in [-0.05, 0) is 37.5 Å². The van der Waals surface area contributed by atoms with Crippen LogP contribution in [0.25, 0.3) is 0 Å². The molecule has 1 N–H and O–H groups in total. The first-order valence-corrected chi connectivity index (χ1v) is 6.14. The first-order valence-electron chi connectivity index (χ1n) is 6.14. The SMILES string of the molecule is CCOc1cccc(C(=O)NCCC(C)C)c1. The van der Waals surface area contributed by atoms with Crippen LogP contribution in [0.1, 0.15) is 37.6 Å². The van der Waals surface area contributed by atoms with Crippen molar-refractivity contribution < 1.29 is 9.53 Å². The van der Waals surface area contributed by atoms with E-state index in [1.165, 1.54) is 0 Å². The summed E-state index contributed by atoms with van der Waals surface area (Å²) in [7, 11) is 0. The van der Waals surface area contributed by atoms with Gasteiger partial charge in [-0.2, -0.15) is 0 Å². The van der Waals surface area contributed by atoms with Crippen molar-refractivity contribution in [3.63, 3.8) is 0 Å². The van der Waals surface area contributed by atoms with Gasteiger partial charge in [0.1, 0.15) is 5.75 Å². The lowest BCUT2D eigenvalue weighted by atomic mass is 10.1. The van der Waals surface area contributed by atoms with Crippen LogP contribution in [0.15, 0.2) is 24.3 Å². The second-order valence-corrected chi connectivity index (χ2v) is 4.40. The molecular formula is C14H21NO2. The molecule has 0 heterocycles. The maximum atomic E-state index is 11.8. The van der Waals surface area contributed by atoms with Crippen molar-refractivity contribution in [2.45, 2.75) is 27.2 Å². The van der Waals surface area contributed by atoms with Gasteiger partial charge in [0.05, 0.1) is 6.61 Å². The molecule has 1 aromatic carbocycles.